The van der Waals surface area contributed by atoms with E-state index < -0.39 is 21.5 Å². The Balaban J connectivity index is 1.44. The summed E-state index contributed by atoms with van der Waals surface area (Å²) in [4.78, 5) is 24.4. The van der Waals surface area contributed by atoms with Crippen LogP contribution in [0.4, 0.5) is 0 Å². The van der Waals surface area contributed by atoms with Crippen molar-refractivity contribution < 1.29 is 23.1 Å². The molecule has 4 aliphatic rings. The van der Waals surface area contributed by atoms with E-state index in [1.807, 2.05) is 0 Å². The minimum atomic E-state index is -3.82. The van der Waals surface area contributed by atoms with Crippen LogP contribution in [0.25, 0.3) is 0 Å². The Kier molecular flexibility index (Phi) is 5.67. The molecule has 4 bridgehead atoms. The normalized spacial score (nSPS) is 32.1. The molecule has 4 fully saturated rings. The summed E-state index contributed by atoms with van der Waals surface area (Å²) in [6.07, 6.45) is 6.06. The molecule has 2 atom stereocenters. The fraction of sp³-hybridized carbons (Fsp3) is 0.652. The number of nitrogens with one attached hydrogen (secondary N) is 2. The molecule has 1 amide bonds. The molecule has 4 aliphatic carbocycles. The van der Waals surface area contributed by atoms with Gasteiger partial charge in [0.05, 0.1) is 4.90 Å². The van der Waals surface area contributed by atoms with Gasteiger partial charge in [-0.15, -0.1) is 0 Å². The topological polar surface area (TPSA) is 113 Å². The van der Waals surface area contributed by atoms with Crippen LogP contribution >= 0.6 is 0 Å². The maximum absolute atomic E-state index is 13.1. The first-order valence-corrected chi connectivity index (χ1v) is 12.6. The number of carbonyl (C=O) groups is 2. The van der Waals surface area contributed by atoms with Crippen molar-refractivity contribution in [2.24, 2.45) is 23.2 Å². The van der Waals surface area contributed by atoms with Gasteiger partial charge in [-0.2, -0.15) is 4.72 Å². The number of carbonyl (C=O) groups excluding carboxylic acids is 1. The highest BCUT2D eigenvalue weighted by Gasteiger charge is 2.55. The van der Waals surface area contributed by atoms with Gasteiger partial charge in [-0.05, 0) is 87.7 Å². The number of carboxylic acid groups (broad SMARTS) is 1. The summed E-state index contributed by atoms with van der Waals surface area (Å²) in [7, 11) is -3.82. The molecule has 0 aliphatic heterocycles. The Morgan fingerprint density at radius 3 is 2.29 bits per heavy atom. The first kappa shape index (κ1) is 22.3. The van der Waals surface area contributed by atoms with E-state index in [4.69, 9.17) is 5.11 Å². The van der Waals surface area contributed by atoms with Crippen molar-refractivity contribution in [3.8, 4) is 0 Å². The van der Waals surface area contributed by atoms with E-state index in [-0.39, 0.29) is 28.7 Å². The third-order valence-corrected chi connectivity index (χ3v) is 9.25. The third kappa shape index (κ3) is 4.51. The molecule has 1 aromatic carbocycles. The number of benzene rings is 1. The molecule has 0 spiro atoms. The van der Waals surface area contributed by atoms with Gasteiger partial charge < -0.3 is 10.4 Å². The smallest absolute Gasteiger partial charge is 0.303 e. The van der Waals surface area contributed by atoms with Crippen LogP contribution in [-0.2, 0) is 19.6 Å². The Labute approximate surface area is 184 Å². The van der Waals surface area contributed by atoms with E-state index in [1.165, 1.54) is 12.1 Å². The third-order valence-electron chi connectivity index (χ3n) is 7.58. The first-order valence-electron chi connectivity index (χ1n) is 11.1. The average Bonchev–Trinajstić information content (AvgIpc) is 2.68. The van der Waals surface area contributed by atoms with Gasteiger partial charge in [-0.1, -0.05) is 18.2 Å². The molecule has 0 saturated heterocycles. The molecule has 0 heterocycles. The van der Waals surface area contributed by atoms with Crippen LogP contribution in [0.3, 0.4) is 0 Å². The minimum absolute atomic E-state index is 0.0301. The predicted octanol–water partition coefficient (Wildman–Crippen LogP) is 2.92. The van der Waals surface area contributed by atoms with Crippen LogP contribution in [-0.4, -0.2) is 37.0 Å². The Morgan fingerprint density at radius 2 is 1.71 bits per heavy atom. The van der Waals surface area contributed by atoms with Gasteiger partial charge in [-0.3, -0.25) is 9.59 Å². The van der Waals surface area contributed by atoms with Crippen LogP contribution in [0.5, 0.6) is 0 Å². The van der Waals surface area contributed by atoms with Gasteiger partial charge in [0.1, 0.15) is 5.54 Å². The van der Waals surface area contributed by atoms with Crippen molar-refractivity contribution in [1.82, 2.24) is 10.0 Å². The number of rotatable bonds is 8. The van der Waals surface area contributed by atoms with E-state index in [2.05, 4.69) is 10.0 Å². The van der Waals surface area contributed by atoms with Crippen LogP contribution in [0.1, 0.15) is 58.8 Å². The van der Waals surface area contributed by atoms with Gasteiger partial charge in [0, 0.05) is 12.5 Å². The summed E-state index contributed by atoms with van der Waals surface area (Å²) < 4.78 is 28.0. The number of carboxylic acids is 1. The molecule has 0 aromatic heterocycles. The molecular weight excluding hydrogens is 416 g/mol. The fourth-order valence-electron chi connectivity index (χ4n) is 6.48. The van der Waals surface area contributed by atoms with Gasteiger partial charge in [0.2, 0.25) is 15.9 Å². The Morgan fingerprint density at radius 1 is 1.10 bits per heavy atom. The Bertz CT molecular complexity index is 943. The van der Waals surface area contributed by atoms with Gasteiger partial charge in [0.25, 0.3) is 0 Å². The monoisotopic (exact) mass is 448 g/mol. The number of hydrogen-bond donors (Lipinski definition) is 3. The van der Waals surface area contributed by atoms with Crippen molar-refractivity contribution >= 4 is 21.9 Å². The maximum Gasteiger partial charge on any atom is 0.303 e. The number of aliphatic carboxylic acids is 1. The van der Waals surface area contributed by atoms with E-state index >= 15 is 0 Å². The minimum Gasteiger partial charge on any atom is -0.481 e. The second kappa shape index (κ2) is 7.89. The van der Waals surface area contributed by atoms with Crippen LogP contribution in [0.2, 0.25) is 0 Å². The summed E-state index contributed by atoms with van der Waals surface area (Å²) in [6, 6.07) is 8.08. The van der Waals surface area contributed by atoms with Crippen LogP contribution in [0, 0.1) is 23.2 Å². The zero-order chi connectivity index (χ0) is 22.4. The molecule has 1 aromatic rings. The molecule has 170 valence electrons. The highest BCUT2D eigenvalue weighted by molar-refractivity contribution is 7.89. The summed E-state index contributed by atoms with van der Waals surface area (Å²) in [5, 5.41) is 12.3. The zero-order valence-corrected chi connectivity index (χ0v) is 19.0. The van der Waals surface area contributed by atoms with Gasteiger partial charge in [0.15, 0.2) is 0 Å². The summed E-state index contributed by atoms with van der Waals surface area (Å²) >= 11 is 0. The largest absolute Gasteiger partial charge is 0.481 e. The summed E-state index contributed by atoms with van der Waals surface area (Å²) in [5.74, 6) is 0.234. The molecule has 0 radical (unpaired) electrons. The number of hydrogen-bond acceptors (Lipinski definition) is 4. The highest BCUT2D eigenvalue weighted by atomic mass is 32.2. The molecule has 2 unspecified atom stereocenters. The number of sulfonamides is 1. The second-order valence-corrected chi connectivity index (χ2v) is 12.1. The van der Waals surface area contributed by atoms with E-state index in [9.17, 15) is 18.0 Å². The lowest BCUT2D eigenvalue weighted by atomic mass is 9.47. The molecular formula is C23H32N2O5S. The summed E-state index contributed by atoms with van der Waals surface area (Å²) in [6.45, 7) is 3.18. The lowest BCUT2D eigenvalue weighted by Gasteiger charge is -2.60. The fourth-order valence-corrected chi connectivity index (χ4v) is 7.88. The lowest BCUT2D eigenvalue weighted by Crippen LogP contribution is -2.63. The molecule has 3 N–H and O–H groups in total. The predicted molar refractivity (Wildman–Crippen MR) is 116 cm³/mol. The highest BCUT2D eigenvalue weighted by Crippen LogP contribution is 2.61. The molecule has 8 heteroatoms. The van der Waals surface area contributed by atoms with Crippen LogP contribution in [0.15, 0.2) is 35.2 Å². The first-order chi connectivity index (χ1) is 14.5. The van der Waals surface area contributed by atoms with Gasteiger partial charge in [-0.25, -0.2) is 8.42 Å². The SMILES string of the molecule is CC(C)(NS(=O)(=O)c1ccccc1)C(=O)NC1C2CC3CC1CC(CCC(=O)O)(C3)C2. The van der Waals surface area contributed by atoms with Crippen molar-refractivity contribution in [2.75, 3.05) is 0 Å². The molecule has 31 heavy (non-hydrogen) atoms. The standard InChI is InChI=1S/C23H32N2O5S/c1-22(2,25-31(29,30)18-6-4-3-5-7-18)21(28)24-20-16-10-15-11-17(20)14-23(12-15,13-16)9-8-19(26)27/h3-7,15-17,20,25H,8-14H2,1-2H3,(H,24,28)(H,26,27). The summed E-state index contributed by atoms with van der Waals surface area (Å²) in [5.41, 5.74) is -1.19. The van der Waals surface area contributed by atoms with E-state index in [1.54, 1.807) is 32.0 Å². The van der Waals surface area contributed by atoms with Crippen molar-refractivity contribution in [2.45, 2.75) is 75.3 Å². The zero-order valence-electron chi connectivity index (χ0n) is 18.1. The quantitative estimate of drug-likeness (QED) is 0.566. The van der Waals surface area contributed by atoms with Crippen molar-refractivity contribution in [3.05, 3.63) is 30.3 Å². The van der Waals surface area contributed by atoms with Crippen LogP contribution < -0.4 is 10.0 Å². The molecule has 5 rings (SSSR count). The number of amides is 1. The second-order valence-electron chi connectivity index (χ2n) is 10.4. The lowest BCUT2D eigenvalue weighted by molar-refractivity contribution is -0.140. The molecule has 4 saturated carbocycles. The maximum atomic E-state index is 13.1. The molecule has 7 nitrogen and oxygen atoms in total. The van der Waals surface area contributed by atoms with Gasteiger partial charge >= 0.3 is 5.97 Å². The average molecular weight is 449 g/mol. The Hall–Kier alpha value is -1.93. The van der Waals surface area contributed by atoms with Crippen molar-refractivity contribution in [3.63, 3.8) is 0 Å². The van der Waals surface area contributed by atoms with E-state index in [0.717, 1.165) is 38.5 Å². The van der Waals surface area contributed by atoms with E-state index in [0.29, 0.717) is 17.8 Å². The van der Waals surface area contributed by atoms with Crippen molar-refractivity contribution in [1.29, 1.82) is 0 Å².